The molecule has 5 rings (SSSR count). The number of aromatic nitrogens is 2. The van der Waals surface area contributed by atoms with Crippen LogP contribution in [0.15, 0.2) is 72.9 Å². The van der Waals surface area contributed by atoms with Gasteiger partial charge in [-0.1, -0.05) is 35.9 Å². The Labute approximate surface area is 203 Å². The topological polar surface area (TPSA) is 40.9 Å². The van der Waals surface area contributed by atoms with Crippen LogP contribution in [-0.4, -0.2) is 46.4 Å². The fourth-order valence-electron chi connectivity index (χ4n) is 4.78. The van der Waals surface area contributed by atoms with Gasteiger partial charge in [0.1, 0.15) is 11.5 Å². The summed E-state index contributed by atoms with van der Waals surface area (Å²) in [5.41, 5.74) is 4.58. The lowest BCUT2D eigenvalue weighted by molar-refractivity contribution is -0.131. The molecule has 1 saturated heterocycles. The van der Waals surface area contributed by atoms with Crippen LogP contribution < -0.4 is 4.90 Å². The zero-order chi connectivity index (χ0) is 23.7. The Morgan fingerprint density at radius 3 is 2.56 bits per heavy atom. The van der Waals surface area contributed by atoms with E-state index in [-0.39, 0.29) is 24.1 Å². The summed E-state index contributed by atoms with van der Waals surface area (Å²) in [6.07, 6.45) is 2.06. The number of nitrogens with zero attached hydrogens (tertiary/aromatic N) is 4. The number of carbonyl (C=O) groups is 1. The summed E-state index contributed by atoms with van der Waals surface area (Å²) >= 11 is 6.15. The molecule has 5 nitrogen and oxygen atoms in total. The molecule has 0 N–H and O–H groups in total. The molecule has 34 heavy (non-hydrogen) atoms. The number of aryl methyl sites for hydroxylation is 1. The minimum Gasteiger partial charge on any atom is -0.368 e. The van der Waals surface area contributed by atoms with Crippen molar-refractivity contribution in [2.45, 2.75) is 19.3 Å². The number of anilines is 1. The summed E-state index contributed by atoms with van der Waals surface area (Å²) in [7, 11) is 0. The average Bonchev–Trinajstić information content (AvgIpc) is 3.28. The maximum Gasteiger partial charge on any atom is 0.223 e. The summed E-state index contributed by atoms with van der Waals surface area (Å²) in [5, 5.41) is 0.706. The van der Waals surface area contributed by atoms with E-state index in [1.54, 1.807) is 6.07 Å². The van der Waals surface area contributed by atoms with Crippen molar-refractivity contribution < 1.29 is 9.18 Å². The molecule has 1 amide bonds. The number of pyridine rings is 1. The Kier molecular flexibility index (Phi) is 6.24. The highest BCUT2D eigenvalue weighted by molar-refractivity contribution is 6.30. The van der Waals surface area contributed by atoms with E-state index in [1.165, 1.54) is 12.1 Å². The molecule has 3 heterocycles. The fraction of sp³-hybridized carbons (Fsp3) is 0.259. The van der Waals surface area contributed by atoms with Crippen molar-refractivity contribution in [3.63, 3.8) is 0 Å². The van der Waals surface area contributed by atoms with Gasteiger partial charge in [0, 0.05) is 61.1 Å². The van der Waals surface area contributed by atoms with Gasteiger partial charge in [-0.3, -0.25) is 4.79 Å². The zero-order valence-electron chi connectivity index (χ0n) is 19.0. The van der Waals surface area contributed by atoms with E-state index in [0.717, 1.165) is 41.4 Å². The smallest absolute Gasteiger partial charge is 0.223 e. The highest BCUT2D eigenvalue weighted by atomic mass is 35.5. The SMILES string of the molecule is Cc1cccc2ncc(C(CC(=O)N3CCN(c4cccc(Cl)c4)CC3)c3cccc(F)c3)n12. The van der Waals surface area contributed by atoms with Crippen LogP contribution in [0.5, 0.6) is 0 Å². The number of hydrogen-bond acceptors (Lipinski definition) is 3. The Hall–Kier alpha value is -3.38. The molecule has 0 radical (unpaired) electrons. The standard InChI is InChI=1S/C27H26ClFN4O/c1-19-5-2-10-26-30-18-25(33(19)26)24(20-6-3-8-22(29)15-20)17-27(34)32-13-11-31(12-14-32)23-9-4-7-21(28)16-23/h2-10,15-16,18,24H,11-14,17H2,1H3. The van der Waals surface area contributed by atoms with E-state index in [1.807, 2.05) is 66.6 Å². The minimum absolute atomic E-state index is 0.0588. The van der Waals surface area contributed by atoms with Crippen molar-refractivity contribution in [3.05, 3.63) is 101 Å². The molecule has 1 unspecified atom stereocenters. The third kappa shape index (κ3) is 4.50. The van der Waals surface area contributed by atoms with Gasteiger partial charge in [-0.05, 0) is 55.0 Å². The molecule has 7 heteroatoms. The van der Waals surface area contributed by atoms with E-state index < -0.39 is 0 Å². The Morgan fingerprint density at radius 2 is 1.79 bits per heavy atom. The first kappa shape index (κ1) is 22.4. The molecule has 0 aliphatic carbocycles. The number of rotatable bonds is 5. The molecular formula is C27H26ClFN4O. The maximum absolute atomic E-state index is 14.2. The first-order valence-corrected chi connectivity index (χ1v) is 11.8. The first-order valence-electron chi connectivity index (χ1n) is 11.5. The fourth-order valence-corrected chi connectivity index (χ4v) is 4.97. The van der Waals surface area contributed by atoms with Crippen LogP contribution in [0.2, 0.25) is 5.02 Å². The summed E-state index contributed by atoms with van der Waals surface area (Å²) in [6.45, 7) is 4.76. The zero-order valence-corrected chi connectivity index (χ0v) is 19.8. The minimum atomic E-state index is -0.310. The molecule has 0 saturated carbocycles. The third-order valence-corrected chi connectivity index (χ3v) is 6.78. The number of amides is 1. The maximum atomic E-state index is 14.2. The van der Waals surface area contributed by atoms with Crippen LogP contribution in [0.3, 0.4) is 0 Å². The number of fused-ring (bicyclic) bond motifs is 1. The van der Waals surface area contributed by atoms with Gasteiger partial charge in [-0.2, -0.15) is 0 Å². The van der Waals surface area contributed by atoms with Crippen molar-refractivity contribution in [1.29, 1.82) is 0 Å². The van der Waals surface area contributed by atoms with E-state index in [9.17, 15) is 9.18 Å². The van der Waals surface area contributed by atoms with Gasteiger partial charge in [0.05, 0.1) is 5.69 Å². The number of carbonyl (C=O) groups excluding carboxylic acids is 1. The lowest BCUT2D eigenvalue weighted by Gasteiger charge is -2.36. The quantitative estimate of drug-likeness (QED) is 0.392. The third-order valence-electron chi connectivity index (χ3n) is 6.54. The Bertz CT molecular complexity index is 1330. The Morgan fingerprint density at radius 1 is 1.03 bits per heavy atom. The van der Waals surface area contributed by atoms with Crippen molar-refractivity contribution in [2.24, 2.45) is 0 Å². The van der Waals surface area contributed by atoms with E-state index in [2.05, 4.69) is 14.3 Å². The van der Waals surface area contributed by atoms with Gasteiger partial charge >= 0.3 is 0 Å². The highest BCUT2D eigenvalue weighted by Crippen LogP contribution is 2.31. The van der Waals surface area contributed by atoms with Crippen LogP contribution in [0, 0.1) is 12.7 Å². The van der Waals surface area contributed by atoms with Crippen LogP contribution >= 0.6 is 11.6 Å². The van der Waals surface area contributed by atoms with Gasteiger partial charge in [0.25, 0.3) is 0 Å². The van der Waals surface area contributed by atoms with Crippen molar-refractivity contribution in [2.75, 3.05) is 31.1 Å². The Balaban J connectivity index is 1.38. The molecule has 4 aromatic rings. The van der Waals surface area contributed by atoms with E-state index in [4.69, 9.17) is 11.6 Å². The number of halogens is 2. The van der Waals surface area contributed by atoms with Crippen LogP contribution in [0.1, 0.15) is 29.3 Å². The predicted octanol–water partition coefficient (Wildman–Crippen LogP) is 5.31. The molecule has 1 aliphatic rings. The van der Waals surface area contributed by atoms with Crippen LogP contribution in [-0.2, 0) is 4.79 Å². The first-order chi connectivity index (χ1) is 16.5. The largest absolute Gasteiger partial charge is 0.368 e. The number of imidazole rings is 1. The number of hydrogen-bond donors (Lipinski definition) is 0. The molecule has 0 bridgehead atoms. The second-order valence-electron chi connectivity index (χ2n) is 8.70. The van der Waals surface area contributed by atoms with Crippen LogP contribution in [0.4, 0.5) is 10.1 Å². The number of benzene rings is 2. The molecule has 0 spiro atoms. The van der Waals surface area contributed by atoms with Crippen molar-refractivity contribution in [3.8, 4) is 0 Å². The lowest BCUT2D eigenvalue weighted by atomic mass is 9.91. The summed E-state index contributed by atoms with van der Waals surface area (Å²) < 4.78 is 16.2. The molecule has 2 aromatic carbocycles. The van der Waals surface area contributed by atoms with Gasteiger partial charge < -0.3 is 14.2 Å². The molecule has 1 atom stereocenters. The van der Waals surface area contributed by atoms with E-state index >= 15 is 0 Å². The second-order valence-corrected chi connectivity index (χ2v) is 9.14. The van der Waals surface area contributed by atoms with Gasteiger partial charge in [-0.15, -0.1) is 0 Å². The summed E-state index contributed by atoms with van der Waals surface area (Å²) in [6, 6.07) is 20.2. The van der Waals surface area contributed by atoms with Gasteiger partial charge in [0.2, 0.25) is 5.91 Å². The molecular weight excluding hydrogens is 451 g/mol. The normalized spacial score (nSPS) is 15.0. The van der Waals surface area contributed by atoms with E-state index in [0.29, 0.717) is 18.1 Å². The van der Waals surface area contributed by atoms with Crippen molar-refractivity contribution >= 4 is 28.8 Å². The molecule has 174 valence electrons. The summed E-state index contributed by atoms with van der Waals surface area (Å²) in [4.78, 5) is 22.1. The highest BCUT2D eigenvalue weighted by Gasteiger charge is 2.27. The lowest BCUT2D eigenvalue weighted by Crippen LogP contribution is -2.49. The van der Waals surface area contributed by atoms with Gasteiger partial charge in [-0.25, -0.2) is 9.37 Å². The second kappa shape index (κ2) is 9.47. The molecule has 2 aromatic heterocycles. The predicted molar refractivity (Wildman–Crippen MR) is 133 cm³/mol. The average molecular weight is 477 g/mol. The van der Waals surface area contributed by atoms with Crippen LogP contribution in [0.25, 0.3) is 5.65 Å². The molecule has 1 aliphatic heterocycles. The molecule has 1 fully saturated rings. The van der Waals surface area contributed by atoms with Gasteiger partial charge in [0.15, 0.2) is 0 Å². The van der Waals surface area contributed by atoms with Crippen molar-refractivity contribution in [1.82, 2.24) is 14.3 Å². The monoisotopic (exact) mass is 476 g/mol. The number of piperazine rings is 1. The summed E-state index contributed by atoms with van der Waals surface area (Å²) in [5.74, 6) is -0.551.